The third-order valence-electron chi connectivity index (χ3n) is 4.36. The number of carboxylic acid groups (broad SMARTS) is 1. The molecule has 0 saturated carbocycles. The maximum Gasteiger partial charge on any atom is 0.416 e. The van der Waals surface area contributed by atoms with E-state index >= 15 is 0 Å². The molecule has 0 amide bonds. The molecule has 0 aliphatic heterocycles. The van der Waals surface area contributed by atoms with E-state index in [0.717, 1.165) is 17.7 Å². The second kappa shape index (κ2) is 7.80. The second-order valence-corrected chi connectivity index (χ2v) is 6.19. The van der Waals surface area contributed by atoms with Gasteiger partial charge >= 0.3 is 6.18 Å². The van der Waals surface area contributed by atoms with Crippen molar-refractivity contribution in [3.8, 4) is 22.7 Å². The molecule has 1 aromatic heterocycles. The van der Waals surface area contributed by atoms with Crippen molar-refractivity contribution in [2.24, 2.45) is 0 Å². The van der Waals surface area contributed by atoms with Gasteiger partial charge in [-0.2, -0.15) is 13.2 Å². The van der Waals surface area contributed by atoms with E-state index < -0.39 is 17.7 Å². The van der Waals surface area contributed by atoms with Crippen LogP contribution in [0.5, 0.6) is 5.75 Å². The highest BCUT2D eigenvalue weighted by atomic mass is 19.4. The van der Waals surface area contributed by atoms with Crippen LogP contribution >= 0.6 is 0 Å². The van der Waals surface area contributed by atoms with Gasteiger partial charge in [0.2, 0.25) is 0 Å². The van der Waals surface area contributed by atoms with E-state index in [1.165, 1.54) is 6.07 Å². The zero-order chi connectivity index (χ0) is 20.3. The summed E-state index contributed by atoms with van der Waals surface area (Å²) in [5.41, 5.74) is 1.52. The molecule has 0 unspecified atom stereocenters. The number of aromatic nitrogens is 1. The normalized spacial score (nSPS) is 11.4. The van der Waals surface area contributed by atoms with Crippen LogP contribution in [0.2, 0.25) is 0 Å². The van der Waals surface area contributed by atoms with Crippen LogP contribution in [0.1, 0.15) is 17.7 Å². The minimum atomic E-state index is -4.48. The lowest BCUT2D eigenvalue weighted by atomic mass is 10.1. The van der Waals surface area contributed by atoms with Crippen LogP contribution in [0.4, 0.5) is 13.2 Å². The predicted molar refractivity (Wildman–Crippen MR) is 96.1 cm³/mol. The van der Waals surface area contributed by atoms with Gasteiger partial charge in [0, 0.05) is 17.4 Å². The molecular weight excluding hydrogens is 371 g/mol. The first-order valence-corrected chi connectivity index (χ1v) is 8.52. The number of hydrogen-bond donors (Lipinski definition) is 0. The fourth-order valence-electron chi connectivity index (χ4n) is 3.02. The van der Waals surface area contributed by atoms with Crippen LogP contribution in [0.25, 0.3) is 16.9 Å². The molecule has 2 aromatic carbocycles. The number of rotatable bonds is 6. The van der Waals surface area contributed by atoms with Gasteiger partial charge in [-0.25, -0.2) is 0 Å². The van der Waals surface area contributed by atoms with E-state index in [2.05, 4.69) is 0 Å². The molecule has 0 atom stereocenters. The number of halogens is 3. The number of carbonyl (C=O) groups is 1. The Bertz CT molecular complexity index is 975. The van der Waals surface area contributed by atoms with E-state index in [9.17, 15) is 23.1 Å². The van der Waals surface area contributed by atoms with E-state index in [4.69, 9.17) is 4.74 Å². The molecular formula is C21H17F3NO3-. The summed E-state index contributed by atoms with van der Waals surface area (Å²) in [5.74, 6) is -0.569. The second-order valence-electron chi connectivity index (χ2n) is 6.19. The Labute approximate surface area is 159 Å². The SMILES string of the molecule is COc1ccc(-c2ccc(CCC(=O)[O-])n2-c2cccc(C(F)(F)F)c2)cc1. The molecule has 0 aliphatic carbocycles. The van der Waals surface area contributed by atoms with Crippen molar-refractivity contribution >= 4 is 5.97 Å². The maximum absolute atomic E-state index is 13.2. The number of hydrogen-bond acceptors (Lipinski definition) is 3. The number of benzene rings is 2. The summed E-state index contributed by atoms with van der Waals surface area (Å²) in [5, 5.41) is 10.9. The summed E-state index contributed by atoms with van der Waals surface area (Å²) in [6.45, 7) is 0. The molecule has 3 rings (SSSR count). The van der Waals surface area contributed by atoms with Crippen molar-refractivity contribution in [1.82, 2.24) is 4.57 Å². The van der Waals surface area contributed by atoms with Gasteiger partial charge in [-0.1, -0.05) is 6.07 Å². The molecule has 28 heavy (non-hydrogen) atoms. The molecule has 0 N–H and O–H groups in total. The van der Waals surface area contributed by atoms with Crippen LogP contribution in [-0.2, 0) is 17.4 Å². The summed E-state index contributed by atoms with van der Waals surface area (Å²) in [4.78, 5) is 10.9. The average molecular weight is 388 g/mol. The number of alkyl halides is 3. The third kappa shape index (κ3) is 4.19. The molecule has 0 saturated heterocycles. The van der Waals surface area contributed by atoms with Gasteiger partial charge in [0.25, 0.3) is 0 Å². The summed E-state index contributed by atoms with van der Waals surface area (Å²) in [6, 6.07) is 15.5. The minimum Gasteiger partial charge on any atom is -0.550 e. The first-order chi connectivity index (χ1) is 13.3. The van der Waals surface area contributed by atoms with E-state index in [-0.39, 0.29) is 12.8 Å². The molecule has 0 fully saturated rings. The smallest absolute Gasteiger partial charge is 0.416 e. The van der Waals surface area contributed by atoms with Gasteiger partial charge in [-0.05, 0) is 73.0 Å². The molecule has 4 nitrogen and oxygen atoms in total. The van der Waals surface area contributed by atoms with Crippen molar-refractivity contribution in [2.45, 2.75) is 19.0 Å². The van der Waals surface area contributed by atoms with E-state index in [1.54, 1.807) is 54.1 Å². The highest BCUT2D eigenvalue weighted by Crippen LogP contribution is 2.33. The standard InChI is InChI=1S/C21H18F3NO3/c1-28-18-9-5-14(6-10-18)19-11-7-16(8-12-20(26)27)25(19)17-4-2-3-15(13-17)21(22,23)24/h2-7,9-11,13H,8,12H2,1H3,(H,26,27)/p-1. The Morgan fingerprint density at radius 1 is 1.07 bits per heavy atom. The zero-order valence-electron chi connectivity index (χ0n) is 15.0. The fourth-order valence-corrected chi connectivity index (χ4v) is 3.02. The lowest BCUT2D eigenvalue weighted by Gasteiger charge is -2.16. The molecule has 3 aromatic rings. The summed E-state index contributed by atoms with van der Waals surface area (Å²) >= 11 is 0. The Morgan fingerprint density at radius 2 is 1.79 bits per heavy atom. The maximum atomic E-state index is 13.2. The lowest BCUT2D eigenvalue weighted by Crippen LogP contribution is -2.22. The summed E-state index contributed by atoms with van der Waals surface area (Å²) in [7, 11) is 1.54. The van der Waals surface area contributed by atoms with Crippen LogP contribution in [-0.4, -0.2) is 17.6 Å². The minimum absolute atomic E-state index is 0.134. The van der Waals surface area contributed by atoms with Crippen molar-refractivity contribution in [1.29, 1.82) is 0 Å². The molecule has 0 aliphatic rings. The average Bonchev–Trinajstić information content (AvgIpc) is 3.10. The van der Waals surface area contributed by atoms with Crippen LogP contribution in [0, 0.1) is 0 Å². The van der Waals surface area contributed by atoms with Crippen LogP contribution in [0.3, 0.4) is 0 Å². The van der Waals surface area contributed by atoms with Gasteiger partial charge < -0.3 is 19.2 Å². The lowest BCUT2D eigenvalue weighted by molar-refractivity contribution is -0.305. The van der Waals surface area contributed by atoms with Gasteiger partial charge in [0.05, 0.1) is 18.4 Å². The van der Waals surface area contributed by atoms with Gasteiger partial charge in [-0.15, -0.1) is 0 Å². The van der Waals surface area contributed by atoms with Crippen LogP contribution in [0.15, 0.2) is 60.7 Å². The zero-order valence-corrected chi connectivity index (χ0v) is 15.0. The van der Waals surface area contributed by atoms with Crippen molar-refractivity contribution < 1.29 is 27.8 Å². The first-order valence-electron chi connectivity index (χ1n) is 8.52. The summed E-state index contributed by atoms with van der Waals surface area (Å²) < 4.78 is 46.3. The molecule has 146 valence electrons. The Kier molecular flexibility index (Phi) is 5.44. The number of nitrogens with zero attached hydrogens (tertiary/aromatic N) is 1. The largest absolute Gasteiger partial charge is 0.550 e. The van der Waals surface area contributed by atoms with Gasteiger partial charge in [0.1, 0.15) is 5.75 Å². The van der Waals surface area contributed by atoms with Gasteiger partial charge in [-0.3, -0.25) is 0 Å². The summed E-state index contributed by atoms with van der Waals surface area (Å²) in [6.07, 6.45) is -4.58. The Morgan fingerprint density at radius 3 is 2.39 bits per heavy atom. The van der Waals surface area contributed by atoms with Crippen molar-refractivity contribution in [2.75, 3.05) is 7.11 Å². The number of aryl methyl sites for hydroxylation is 1. The predicted octanol–water partition coefficient (Wildman–Crippen LogP) is 3.85. The number of methoxy groups -OCH3 is 1. The number of carbonyl (C=O) groups excluding carboxylic acids is 1. The fraction of sp³-hybridized carbons (Fsp3) is 0.190. The Hall–Kier alpha value is -3.22. The Balaban J connectivity index is 2.13. The molecule has 0 spiro atoms. The van der Waals surface area contributed by atoms with Crippen LogP contribution < -0.4 is 9.84 Å². The molecule has 0 radical (unpaired) electrons. The monoisotopic (exact) mass is 388 g/mol. The molecule has 7 heteroatoms. The van der Waals surface area contributed by atoms with E-state index in [1.807, 2.05) is 0 Å². The molecule has 0 bridgehead atoms. The van der Waals surface area contributed by atoms with Crippen molar-refractivity contribution in [3.63, 3.8) is 0 Å². The number of ether oxygens (including phenoxy) is 1. The molecule has 1 heterocycles. The first kappa shape index (κ1) is 19.5. The van der Waals surface area contributed by atoms with Crippen molar-refractivity contribution in [3.05, 3.63) is 71.9 Å². The highest BCUT2D eigenvalue weighted by molar-refractivity contribution is 5.67. The third-order valence-corrected chi connectivity index (χ3v) is 4.36. The highest BCUT2D eigenvalue weighted by Gasteiger charge is 2.30. The topological polar surface area (TPSA) is 54.3 Å². The van der Waals surface area contributed by atoms with E-state index in [0.29, 0.717) is 22.8 Å². The number of carboxylic acids is 1. The number of aliphatic carboxylic acids is 1. The van der Waals surface area contributed by atoms with Gasteiger partial charge in [0.15, 0.2) is 0 Å². The quantitative estimate of drug-likeness (QED) is 0.645.